The van der Waals surface area contributed by atoms with E-state index in [-0.39, 0.29) is 17.6 Å². The molecule has 0 bridgehead atoms. The molecule has 1 aliphatic rings. The van der Waals surface area contributed by atoms with Crippen molar-refractivity contribution in [2.45, 2.75) is 40.5 Å². The first-order chi connectivity index (χ1) is 12.8. The van der Waals surface area contributed by atoms with Gasteiger partial charge in [-0.15, -0.1) is 0 Å². The summed E-state index contributed by atoms with van der Waals surface area (Å²) in [4.78, 5) is 31.5. The smallest absolute Gasteiger partial charge is 0.237 e. The van der Waals surface area contributed by atoms with Gasteiger partial charge in [0.2, 0.25) is 11.8 Å². The van der Waals surface area contributed by atoms with Crippen LogP contribution in [0, 0.1) is 11.2 Å². The summed E-state index contributed by atoms with van der Waals surface area (Å²) in [5.41, 5.74) is -0.512. The summed E-state index contributed by atoms with van der Waals surface area (Å²) < 4.78 is 14.0. The number of nitrogens with zero attached hydrogens (tertiary/aromatic N) is 3. The fourth-order valence-corrected chi connectivity index (χ4v) is 3.60. The summed E-state index contributed by atoms with van der Waals surface area (Å²) in [5.74, 6) is -0.492. The quantitative estimate of drug-likeness (QED) is 0.686. The zero-order chi connectivity index (χ0) is 20.0. The fraction of sp³-hybridized carbons (Fsp3) is 0.619. The minimum atomic E-state index is -1.08. The van der Waals surface area contributed by atoms with Crippen molar-refractivity contribution < 1.29 is 14.0 Å². The standard InChI is InChI=1S/C21H32FN3O2/c1-5-11-24(12-6-2)19(26)21(3,4)20(27)25-15-13-23(14-16-25)18-10-8-7-9-17(18)22/h7-10H,5-6,11-16H2,1-4H3. The molecule has 0 aliphatic carbocycles. The molecule has 1 heterocycles. The van der Waals surface area contributed by atoms with Crippen LogP contribution in [0.4, 0.5) is 10.1 Å². The van der Waals surface area contributed by atoms with Gasteiger partial charge in [0.1, 0.15) is 11.2 Å². The molecular weight excluding hydrogens is 345 g/mol. The van der Waals surface area contributed by atoms with Crippen LogP contribution in [0.3, 0.4) is 0 Å². The molecule has 0 atom stereocenters. The Morgan fingerprint density at radius 1 is 1.04 bits per heavy atom. The Morgan fingerprint density at radius 3 is 2.11 bits per heavy atom. The molecule has 2 amide bonds. The molecule has 5 nitrogen and oxygen atoms in total. The van der Waals surface area contributed by atoms with Crippen LogP contribution >= 0.6 is 0 Å². The van der Waals surface area contributed by atoms with Crippen LogP contribution in [-0.4, -0.2) is 60.9 Å². The van der Waals surface area contributed by atoms with Gasteiger partial charge in [-0.05, 0) is 38.8 Å². The van der Waals surface area contributed by atoms with Crippen molar-refractivity contribution in [3.8, 4) is 0 Å². The lowest BCUT2D eigenvalue weighted by Gasteiger charge is -2.40. The van der Waals surface area contributed by atoms with E-state index in [4.69, 9.17) is 0 Å². The second-order valence-electron chi connectivity index (χ2n) is 7.65. The average molecular weight is 378 g/mol. The number of carbonyl (C=O) groups excluding carboxylic acids is 2. The first kappa shape index (κ1) is 21.2. The van der Waals surface area contributed by atoms with Crippen molar-refractivity contribution in [1.29, 1.82) is 0 Å². The van der Waals surface area contributed by atoms with Gasteiger partial charge in [0.25, 0.3) is 0 Å². The predicted octanol–water partition coefficient (Wildman–Crippen LogP) is 3.15. The second kappa shape index (κ2) is 9.20. The van der Waals surface area contributed by atoms with Crippen molar-refractivity contribution in [2.75, 3.05) is 44.2 Å². The van der Waals surface area contributed by atoms with Gasteiger partial charge >= 0.3 is 0 Å². The third-order valence-electron chi connectivity index (χ3n) is 5.10. The summed E-state index contributed by atoms with van der Waals surface area (Å²) >= 11 is 0. The topological polar surface area (TPSA) is 43.9 Å². The lowest BCUT2D eigenvalue weighted by Crippen LogP contribution is -2.56. The highest BCUT2D eigenvalue weighted by Crippen LogP contribution is 2.25. The lowest BCUT2D eigenvalue weighted by atomic mass is 9.89. The number of amides is 2. The molecule has 1 aliphatic heterocycles. The molecule has 1 fully saturated rings. The maximum Gasteiger partial charge on any atom is 0.237 e. The van der Waals surface area contributed by atoms with E-state index >= 15 is 0 Å². The van der Waals surface area contributed by atoms with Gasteiger partial charge in [-0.1, -0.05) is 26.0 Å². The molecule has 1 aromatic carbocycles. The van der Waals surface area contributed by atoms with Gasteiger partial charge in [0.15, 0.2) is 0 Å². The fourth-order valence-electron chi connectivity index (χ4n) is 3.60. The molecule has 27 heavy (non-hydrogen) atoms. The van der Waals surface area contributed by atoms with E-state index in [1.807, 2.05) is 24.8 Å². The normalized spacial score (nSPS) is 15.0. The summed E-state index contributed by atoms with van der Waals surface area (Å²) in [6, 6.07) is 6.69. The Kier molecular flexibility index (Phi) is 7.22. The van der Waals surface area contributed by atoms with E-state index < -0.39 is 5.41 Å². The molecule has 1 aromatic rings. The molecule has 150 valence electrons. The van der Waals surface area contributed by atoms with Crippen LogP contribution in [-0.2, 0) is 9.59 Å². The Labute approximate surface area is 162 Å². The maximum absolute atomic E-state index is 14.0. The molecule has 0 N–H and O–H groups in total. The van der Waals surface area contributed by atoms with Gasteiger partial charge in [0.05, 0.1) is 5.69 Å². The van der Waals surface area contributed by atoms with Crippen LogP contribution in [0.1, 0.15) is 40.5 Å². The van der Waals surface area contributed by atoms with Crippen LogP contribution in [0.5, 0.6) is 0 Å². The lowest BCUT2D eigenvalue weighted by molar-refractivity contribution is -0.154. The van der Waals surface area contributed by atoms with E-state index in [0.29, 0.717) is 45.0 Å². The molecular formula is C21H32FN3O2. The van der Waals surface area contributed by atoms with Crippen LogP contribution in [0.15, 0.2) is 24.3 Å². The number of anilines is 1. The van der Waals surface area contributed by atoms with Crippen molar-refractivity contribution in [3.63, 3.8) is 0 Å². The number of hydrogen-bond acceptors (Lipinski definition) is 3. The summed E-state index contributed by atoms with van der Waals surface area (Å²) in [7, 11) is 0. The van der Waals surface area contributed by atoms with Crippen LogP contribution < -0.4 is 4.90 Å². The first-order valence-electron chi connectivity index (χ1n) is 9.91. The Hall–Kier alpha value is -2.11. The first-order valence-corrected chi connectivity index (χ1v) is 9.91. The van der Waals surface area contributed by atoms with Gasteiger partial charge in [-0.3, -0.25) is 9.59 Å². The third-order valence-corrected chi connectivity index (χ3v) is 5.10. The Balaban J connectivity index is 2.03. The van der Waals surface area contributed by atoms with E-state index in [2.05, 4.69) is 0 Å². The molecule has 6 heteroatoms. The molecule has 1 saturated heterocycles. The van der Waals surface area contributed by atoms with Gasteiger partial charge in [0, 0.05) is 39.3 Å². The van der Waals surface area contributed by atoms with Gasteiger partial charge in [-0.25, -0.2) is 4.39 Å². The molecule has 0 radical (unpaired) electrons. The SMILES string of the molecule is CCCN(CCC)C(=O)C(C)(C)C(=O)N1CCN(c2ccccc2F)CC1. The number of halogens is 1. The number of carbonyl (C=O) groups is 2. The number of benzene rings is 1. The molecule has 0 unspecified atom stereocenters. The third kappa shape index (κ3) is 4.79. The minimum absolute atomic E-state index is 0.104. The Bertz CT molecular complexity index is 649. The minimum Gasteiger partial charge on any atom is -0.366 e. The highest BCUT2D eigenvalue weighted by Gasteiger charge is 2.42. The molecule has 0 spiro atoms. The van der Waals surface area contributed by atoms with Gasteiger partial charge in [-0.2, -0.15) is 0 Å². The zero-order valence-corrected chi connectivity index (χ0v) is 17.0. The van der Waals surface area contributed by atoms with E-state index in [9.17, 15) is 14.0 Å². The number of para-hydroxylation sites is 1. The van der Waals surface area contributed by atoms with E-state index in [1.165, 1.54) is 6.07 Å². The molecule has 0 aromatic heterocycles. The summed E-state index contributed by atoms with van der Waals surface area (Å²) in [6.45, 7) is 11.0. The molecule has 2 rings (SSSR count). The van der Waals surface area contributed by atoms with Crippen molar-refractivity contribution in [3.05, 3.63) is 30.1 Å². The highest BCUT2D eigenvalue weighted by molar-refractivity contribution is 6.04. The Morgan fingerprint density at radius 2 is 1.59 bits per heavy atom. The molecule has 0 saturated carbocycles. The largest absolute Gasteiger partial charge is 0.366 e. The summed E-state index contributed by atoms with van der Waals surface area (Å²) in [5, 5.41) is 0. The monoisotopic (exact) mass is 377 g/mol. The predicted molar refractivity (Wildman–Crippen MR) is 106 cm³/mol. The highest BCUT2D eigenvalue weighted by atomic mass is 19.1. The van der Waals surface area contributed by atoms with E-state index in [0.717, 1.165) is 12.8 Å². The van der Waals surface area contributed by atoms with Crippen molar-refractivity contribution in [1.82, 2.24) is 9.80 Å². The van der Waals surface area contributed by atoms with Crippen LogP contribution in [0.2, 0.25) is 0 Å². The maximum atomic E-state index is 14.0. The van der Waals surface area contributed by atoms with E-state index in [1.54, 1.807) is 35.8 Å². The van der Waals surface area contributed by atoms with Gasteiger partial charge < -0.3 is 14.7 Å². The number of hydrogen-bond donors (Lipinski definition) is 0. The average Bonchev–Trinajstić information content (AvgIpc) is 2.67. The second-order valence-corrected chi connectivity index (χ2v) is 7.65. The van der Waals surface area contributed by atoms with Crippen LogP contribution in [0.25, 0.3) is 0 Å². The number of piperazine rings is 1. The van der Waals surface area contributed by atoms with Crippen molar-refractivity contribution >= 4 is 17.5 Å². The zero-order valence-electron chi connectivity index (χ0n) is 17.0. The number of rotatable bonds is 7. The summed E-state index contributed by atoms with van der Waals surface area (Å²) in [6.07, 6.45) is 1.74. The van der Waals surface area contributed by atoms with Crippen molar-refractivity contribution in [2.24, 2.45) is 5.41 Å².